The van der Waals surface area contributed by atoms with Crippen LogP contribution < -0.4 is 5.32 Å². The molecule has 7 heteroatoms. The number of carbonyl (C=O) groups is 2. The lowest BCUT2D eigenvalue weighted by molar-refractivity contribution is -0.143. The lowest BCUT2D eigenvalue weighted by atomic mass is 9.88. The molecule has 3 rings (SSSR count). The van der Waals surface area contributed by atoms with Crippen LogP contribution in [-0.2, 0) is 16.0 Å². The minimum Gasteiger partial charge on any atom is -0.339 e. The summed E-state index contributed by atoms with van der Waals surface area (Å²) in [6, 6.07) is 7.37. The second kappa shape index (κ2) is 8.88. The van der Waals surface area contributed by atoms with Gasteiger partial charge in [-0.1, -0.05) is 30.7 Å². The Morgan fingerprint density at radius 3 is 2.20 bits per heavy atom. The van der Waals surface area contributed by atoms with E-state index in [1.54, 1.807) is 12.1 Å². The predicted octanol–water partition coefficient (Wildman–Crippen LogP) is 1.83. The van der Waals surface area contributed by atoms with Crippen LogP contribution in [0.2, 0.25) is 5.02 Å². The molecule has 25 heavy (non-hydrogen) atoms. The SMILES string of the molecule is CC(C(=O)N1CCN(C(=O)Cc2ccc(Cl)cc2)CC1)C1CNC1.Cl. The number of hydrogen-bond acceptors (Lipinski definition) is 3. The van der Waals surface area contributed by atoms with E-state index in [0.717, 1.165) is 18.7 Å². The molecule has 2 aliphatic rings. The Kier molecular flexibility index (Phi) is 7.11. The summed E-state index contributed by atoms with van der Waals surface area (Å²) in [4.78, 5) is 28.7. The highest BCUT2D eigenvalue weighted by atomic mass is 35.5. The van der Waals surface area contributed by atoms with Crippen LogP contribution in [0.1, 0.15) is 12.5 Å². The first-order valence-electron chi connectivity index (χ1n) is 8.56. The third kappa shape index (κ3) is 4.87. The fourth-order valence-corrected chi connectivity index (χ4v) is 3.35. The number of carbonyl (C=O) groups excluding carboxylic acids is 2. The summed E-state index contributed by atoms with van der Waals surface area (Å²) in [5, 5.41) is 3.89. The topological polar surface area (TPSA) is 52.7 Å². The van der Waals surface area contributed by atoms with E-state index in [0.29, 0.717) is 43.5 Å². The van der Waals surface area contributed by atoms with E-state index in [1.165, 1.54) is 0 Å². The van der Waals surface area contributed by atoms with Crippen molar-refractivity contribution >= 4 is 35.8 Å². The van der Waals surface area contributed by atoms with Gasteiger partial charge in [-0.25, -0.2) is 0 Å². The van der Waals surface area contributed by atoms with E-state index in [4.69, 9.17) is 11.6 Å². The van der Waals surface area contributed by atoms with E-state index in [2.05, 4.69) is 5.32 Å². The van der Waals surface area contributed by atoms with Crippen LogP contribution in [0.15, 0.2) is 24.3 Å². The van der Waals surface area contributed by atoms with Gasteiger partial charge in [0.05, 0.1) is 6.42 Å². The molecule has 0 spiro atoms. The molecule has 2 fully saturated rings. The van der Waals surface area contributed by atoms with E-state index in [-0.39, 0.29) is 30.1 Å². The molecule has 2 amide bonds. The Labute approximate surface area is 160 Å². The zero-order chi connectivity index (χ0) is 17.1. The second-order valence-corrected chi connectivity index (χ2v) is 7.15. The fraction of sp³-hybridized carbons (Fsp3) is 0.556. The summed E-state index contributed by atoms with van der Waals surface area (Å²) in [5.74, 6) is 0.872. The van der Waals surface area contributed by atoms with E-state index in [9.17, 15) is 9.59 Å². The number of nitrogens with zero attached hydrogens (tertiary/aromatic N) is 2. The molecular weight excluding hydrogens is 361 g/mol. The molecule has 1 atom stereocenters. The lowest BCUT2D eigenvalue weighted by Crippen LogP contribution is -2.55. The monoisotopic (exact) mass is 385 g/mol. The molecule has 1 aromatic rings. The lowest BCUT2D eigenvalue weighted by Gasteiger charge is -2.39. The molecule has 0 bridgehead atoms. The van der Waals surface area contributed by atoms with Crippen molar-refractivity contribution in [3.63, 3.8) is 0 Å². The van der Waals surface area contributed by atoms with Crippen LogP contribution in [0.25, 0.3) is 0 Å². The first kappa shape index (κ1) is 20.0. The summed E-state index contributed by atoms with van der Waals surface area (Å²) in [6.07, 6.45) is 0.384. The molecule has 0 aromatic heterocycles. The molecule has 0 aliphatic carbocycles. The van der Waals surface area contributed by atoms with Crippen LogP contribution in [0.4, 0.5) is 0 Å². The summed E-state index contributed by atoms with van der Waals surface area (Å²) in [6.45, 7) is 6.40. The smallest absolute Gasteiger partial charge is 0.227 e. The van der Waals surface area contributed by atoms with Crippen molar-refractivity contribution in [3.05, 3.63) is 34.9 Å². The van der Waals surface area contributed by atoms with Gasteiger partial charge in [-0.2, -0.15) is 0 Å². The number of halogens is 2. The summed E-state index contributed by atoms with van der Waals surface area (Å²) in [5.41, 5.74) is 0.967. The van der Waals surface area contributed by atoms with Crippen molar-refractivity contribution < 1.29 is 9.59 Å². The molecule has 0 radical (unpaired) electrons. The quantitative estimate of drug-likeness (QED) is 0.859. The Hall–Kier alpha value is -1.30. The Morgan fingerprint density at radius 1 is 1.12 bits per heavy atom. The minimum atomic E-state index is 0. The first-order chi connectivity index (χ1) is 11.5. The number of piperazine rings is 1. The average Bonchev–Trinajstić information content (AvgIpc) is 2.55. The van der Waals surface area contributed by atoms with E-state index in [1.807, 2.05) is 28.9 Å². The normalized spacial score (nSPS) is 19.0. The number of hydrogen-bond donors (Lipinski definition) is 1. The van der Waals surface area contributed by atoms with Gasteiger partial charge in [0.25, 0.3) is 0 Å². The number of rotatable bonds is 4. The van der Waals surface area contributed by atoms with Gasteiger partial charge in [0.2, 0.25) is 11.8 Å². The van der Waals surface area contributed by atoms with Gasteiger partial charge < -0.3 is 15.1 Å². The Morgan fingerprint density at radius 2 is 1.68 bits per heavy atom. The standard InChI is InChI=1S/C18H24ClN3O2.ClH/c1-13(15-11-20-12-15)18(24)22-8-6-21(7-9-22)17(23)10-14-2-4-16(19)5-3-14;/h2-5,13,15,20H,6-12H2,1H3;1H. The average molecular weight is 386 g/mol. The van der Waals surface area contributed by atoms with Gasteiger partial charge in [-0.3, -0.25) is 9.59 Å². The summed E-state index contributed by atoms with van der Waals surface area (Å²) in [7, 11) is 0. The van der Waals surface area contributed by atoms with Crippen LogP contribution in [-0.4, -0.2) is 60.9 Å². The number of amides is 2. The van der Waals surface area contributed by atoms with E-state index >= 15 is 0 Å². The van der Waals surface area contributed by atoms with E-state index < -0.39 is 0 Å². The highest BCUT2D eigenvalue weighted by Crippen LogP contribution is 2.19. The van der Waals surface area contributed by atoms with Gasteiger partial charge >= 0.3 is 0 Å². The van der Waals surface area contributed by atoms with Crippen molar-refractivity contribution in [2.45, 2.75) is 13.3 Å². The molecule has 2 saturated heterocycles. The minimum absolute atomic E-state index is 0. The zero-order valence-electron chi connectivity index (χ0n) is 14.4. The summed E-state index contributed by atoms with van der Waals surface area (Å²) >= 11 is 5.87. The molecule has 1 aromatic carbocycles. The van der Waals surface area contributed by atoms with Crippen molar-refractivity contribution in [2.75, 3.05) is 39.3 Å². The Balaban J connectivity index is 0.00000225. The zero-order valence-corrected chi connectivity index (χ0v) is 16.0. The van der Waals surface area contributed by atoms with Crippen molar-refractivity contribution in [1.82, 2.24) is 15.1 Å². The maximum Gasteiger partial charge on any atom is 0.227 e. The molecule has 2 heterocycles. The van der Waals surface area contributed by atoms with Crippen molar-refractivity contribution in [1.29, 1.82) is 0 Å². The first-order valence-corrected chi connectivity index (χ1v) is 8.94. The largest absolute Gasteiger partial charge is 0.339 e. The van der Waals surface area contributed by atoms with Gasteiger partial charge in [0.15, 0.2) is 0 Å². The van der Waals surface area contributed by atoms with Crippen LogP contribution in [0.5, 0.6) is 0 Å². The van der Waals surface area contributed by atoms with Crippen LogP contribution >= 0.6 is 24.0 Å². The van der Waals surface area contributed by atoms with Gasteiger partial charge in [-0.15, -0.1) is 12.4 Å². The predicted molar refractivity (Wildman–Crippen MR) is 101 cm³/mol. The molecule has 2 aliphatic heterocycles. The van der Waals surface area contributed by atoms with Gasteiger partial charge in [0, 0.05) is 37.1 Å². The summed E-state index contributed by atoms with van der Waals surface area (Å²) < 4.78 is 0. The number of nitrogens with one attached hydrogen (secondary N) is 1. The third-order valence-electron chi connectivity index (χ3n) is 5.12. The van der Waals surface area contributed by atoms with Crippen molar-refractivity contribution in [2.24, 2.45) is 11.8 Å². The molecule has 5 nitrogen and oxygen atoms in total. The van der Waals surface area contributed by atoms with Gasteiger partial charge in [0.1, 0.15) is 0 Å². The maximum atomic E-state index is 12.5. The highest BCUT2D eigenvalue weighted by molar-refractivity contribution is 6.30. The number of benzene rings is 1. The molecule has 1 unspecified atom stereocenters. The van der Waals surface area contributed by atoms with Crippen LogP contribution in [0, 0.1) is 11.8 Å². The fourth-order valence-electron chi connectivity index (χ4n) is 3.22. The van der Waals surface area contributed by atoms with Gasteiger partial charge in [-0.05, 0) is 36.7 Å². The maximum absolute atomic E-state index is 12.5. The second-order valence-electron chi connectivity index (χ2n) is 6.72. The molecule has 0 saturated carbocycles. The Bertz CT molecular complexity index is 597. The van der Waals surface area contributed by atoms with Crippen LogP contribution in [0.3, 0.4) is 0 Å². The molecular formula is C18H25Cl2N3O2. The third-order valence-corrected chi connectivity index (χ3v) is 5.37. The molecule has 138 valence electrons. The highest BCUT2D eigenvalue weighted by Gasteiger charge is 2.33. The van der Waals surface area contributed by atoms with Crippen molar-refractivity contribution in [3.8, 4) is 0 Å². The molecule has 1 N–H and O–H groups in total.